The summed E-state index contributed by atoms with van der Waals surface area (Å²) in [6, 6.07) is 7.93. The summed E-state index contributed by atoms with van der Waals surface area (Å²) in [4.78, 5) is 26.5. The summed E-state index contributed by atoms with van der Waals surface area (Å²) in [7, 11) is 0. The molecule has 0 bridgehead atoms. The van der Waals surface area contributed by atoms with Crippen molar-refractivity contribution in [3.05, 3.63) is 29.8 Å². The molecule has 1 saturated heterocycles. The van der Waals surface area contributed by atoms with E-state index < -0.39 is 0 Å². The van der Waals surface area contributed by atoms with Crippen molar-refractivity contribution in [1.82, 2.24) is 5.32 Å². The second kappa shape index (κ2) is 6.51. The van der Waals surface area contributed by atoms with Gasteiger partial charge in [0.2, 0.25) is 11.8 Å². The molecule has 22 heavy (non-hydrogen) atoms. The van der Waals surface area contributed by atoms with Crippen LogP contribution in [0.25, 0.3) is 0 Å². The molecule has 1 N–H and O–H groups in total. The first-order chi connectivity index (χ1) is 10.4. The first-order valence-electron chi connectivity index (χ1n) is 8.08. The molecule has 1 heterocycles. The molecule has 1 aliphatic heterocycles. The number of carbonyl (C=O) groups is 2. The second-order valence-corrected chi connectivity index (χ2v) is 6.61. The van der Waals surface area contributed by atoms with Crippen LogP contribution in [0.4, 0.5) is 5.69 Å². The Kier molecular flexibility index (Phi) is 4.89. The highest BCUT2D eigenvalue weighted by molar-refractivity contribution is 6.00. The number of nitrogens with zero attached hydrogens (tertiary/aromatic N) is 1. The van der Waals surface area contributed by atoms with E-state index in [-0.39, 0.29) is 23.3 Å². The molecule has 0 aliphatic carbocycles. The van der Waals surface area contributed by atoms with Crippen molar-refractivity contribution in [3.63, 3.8) is 0 Å². The van der Waals surface area contributed by atoms with Gasteiger partial charge in [0, 0.05) is 24.2 Å². The van der Waals surface area contributed by atoms with E-state index in [0.717, 1.165) is 24.1 Å². The Morgan fingerprint density at radius 3 is 2.64 bits per heavy atom. The zero-order valence-corrected chi connectivity index (χ0v) is 14.0. The van der Waals surface area contributed by atoms with Crippen molar-refractivity contribution in [1.29, 1.82) is 0 Å². The van der Waals surface area contributed by atoms with Crippen LogP contribution < -0.4 is 10.2 Å². The highest BCUT2D eigenvalue weighted by Gasteiger charge is 2.37. The molecule has 1 atom stereocenters. The Hall–Kier alpha value is -1.84. The molecule has 120 valence electrons. The zero-order chi connectivity index (χ0) is 16.3. The van der Waals surface area contributed by atoms with Gasteiger partial charge in [-0.25, -0.2) is 0 Å². The maximum absolute atomic E-state index is 12.4. The summed E-state index contributed by atoms with van der Waals surface area (Å²) in [5, 5.41) is 3.05. The maximum Gasteiger partial charge on any atom is 0.227 e. The number of nitrogens with one attached hydrogen (secondary N) is 1. The Labute approximate surface area is 132 Å². The molecule has 2 amide bonds. The van der Waals surface area contributed by atoms with Crippen LogP contribution in [0.2, 0.25) is 0 Å². The number of aryl methyl sites for hydroxylation is 1. The summed E-state index contributed by atoms with van der Waals surface area (Å²) in [6.45, 7) is 8.61. The van der Waals surface area contributed by atoms with E-state index in [1.807, 2.05) is 45.0 Å². The van der Waals surface area contributed by atoms with Crippen molar-refractivity contribution in [2.45, 2.75) is 52.5 Å². The van der Waals surface area contributed by atoms with Gasteiger partial charge in [-0.1, -0.05) is 32.0 Å². The maximum atomic E-state index is 12.4. The minimum absolute atomic E-state index is 0.0170. The average Bonchev–Trinajstić information content (AvgIpc) is 2.89. The molecule has 2 rings (SSSR count). The number of hydrogen-bond donors (Lipinski definition) is 1. The fraction of sp³-hybridized carbons (Fsp3) is 0.556. The van der Waals surface area contributed by atoms with Crippen molar-refractivity contribution in [3.8, 4) is 0 Å². The molecule has 1 fully saturated rings. The quantitative estimate of drug-likeness (QED) is 0.909. The highest BCUT2D eigenvalue weighted by Crippen LogP contribution is 2.29. The van der Waals surface area contributed by atoms with Crippen molar-refractivity contribution in [2.24, 2.45) is 5.92 Å². The topological polar surface area (TPSA) is 49.4 Å². The Morgan fingerprint density at radius 1 is 1.32 bits per heavy atom. The van der Waals surface area contributed by atoms with Crippen LogP contribution >= 0.6 is 0 Å². The molecular formula is C18H26N2O2. The molecule has 1 aliphatic rings. The van der Waals surface area contributed by atoms with Crippen molar-refractivity contribution >= 4 is 17.5 Å². The number of amides is 2. The molecule has 0 spiro atoms. The second-order valence-electron chi connectivity index (χ2n) is 6.61. The average molecular weight is 302 g/mol. The monoisotopic (exact) mass is 302 g/mol. The lowest BCUT2D eigenvalue weighted by atomic mass is 9.99. The fourth-order valence-electron chi connectivity index (χ4n) is 2.71. The molecule has 4 nitrogen and oxygen atoms in total. The predicted octanol–water partition coefficient (Wildman–Crippen LogP) is 2.91. The highest BCUT2D eigenvalue weighted by atomic mass is 16.2. The van der Waals surface area contributed by atoms with Crippen LogP contribution in [0.15, 0.2) is 24.3 Å². The van der Waals surface area contributed by atoms with Crippen LogP contribution in [0.1, 0.15) is 46.1 Å². The molecule has 0 saturated carbocycles. The first-order valence-corrected chi connectivity index (χ1v) is 8.08. The Morgan fingerprint density at radius 2 is 2.00 bits per heavy atom. The molecule has 0 aromatic heterocycles. The van der Waals surface area contributed by atoms with Gasteiger partial charge >= 0.3 is 0 Å². The normalized spacial score (nSPS) is 18.6. The van der Waals surface area contributed by atoms with E-state index in [0.29, 0.717) is 13.0 Å². The summed E-state index contributed by atoms with van der Waals surface area (Å²) in [5.74, 6) is -0.240. The third kappa shape index (κ3) is 3.49. The van der Waals surface area contributed by atoms with Gasteiger partial charge in [0.05, 0.1) is 5.92 Å². The number of hydrogen-bond acceptors (Lipinski definition) is 2. The van der Waals surface area contributed by atoms with E-state index in [9.17, 15) is 9.59 Å². The minimum atomic E-state index is -0.261. The third-order valence-corrected chi connectivity index (χ3v) is 4.50. The summed E-state index contributed by atoms with van der Waals surface area (Å²) in [6.07, 6.45) is 2.03. The molecular weight excluding hydrogens is 276 g/mol. The molecule has 1 aromatic rings. The first kappa shape index (κ1) is 16.5. The molecule has 4 heteroatoms. The predicted molar refractivity (Wildman–Crippen MR) is 88.8 cm³/mol. The number of carbonyl (C=O) groups excluding carboxylic acids is 2. The Balaban J connectivity index is 2.12. The van der Waals surface area contributed by atoms with Gasteiger partial charge in [0.1, 0.15) is 0 Å². The summed E-state index contributed by atoms with van der Waals surface area (Å²) < 4.78 is 0. The summed E-state index contributed by atoms with van der Waals surface area (Å²) >= 11 is 0. The van der Waals surface area contributed by atoms with E-state index >= 15 is 0 Å². The number of rotatable bonds is 5. The standard InChI is InChI=1S/C18H26N2O2/c1-5-13-9-7-8-10-15(13)20-12-14(11-16(20)21)17(22)19-18(3,4)6-2/h7-10,14H,5-6,11-12H2,1-4H3,(H,19,22). The van der Waals surface area contributed by atoms with Crippen LogP contribution in [0, 0.1) is 5.92 Å². The van der Waals surface area contributed by atoms with Gasteiger partial charge < -0.3 is 10.2 Å². The van der Waals surface area contributed by atoms with E-state index in [1.54, 1.807) is 4.90 Å². The number of anilines is 1. The minimum Gasteiger partial charge on any atom is -0.351 e. The number of para-hydroxylation sites is 1. The van der Waals surface area contributed by atoms with E-state index in [1.165, 1.54) is 0 Å². The molecule has 0 radical (unpaired) electrons. The smallest absolute Gasteiger partial charge is 0.227 e. The molecule has 1 aromatic carbocycles. The van der Waals surface area contributed by atoms with Crippen LogP contribution in [-0.2, 0) is 16.0 Å². The van der Waals surface area contributed by atoms with Gasteiger partial charge in [-0.2, -0.15) is 0 Å². The lowest BCUT2D eigenvalue weighted by Crippen LogP contribution is -2.46. The zero-order valence-electron chi connectivity index (χ0n) is 14.0. The van der Waals surface area contributed by atoms with E-state index in [2.05, 4.69) is 12.2 Å². The van der Waals surface area contributed by atoms with Crippen molar-refractivity contribution in [2.75, 3.05) is 11.4 Å². The number of benzene rings is 1. The van der Waals surface area contributed by atoms with Gasteiger partial charge in [-0.05, 0) is 38.3 Å². The fourth-order valence-corrected chi connectivity index (χ4v) is 2.71. The van der Waals surface area contributed by atoms with Gasteiger partial charge in [-0.15, -0.1) is 0 Å². The van der Waals surface area contributed by atoms with Crippen LogP contribution in [0.3, 0.4) is 0 Å². The Bertz CT molecular complexity index is 566. The SMILES string of the molecule is CCc1ccccc1N1CC(C(=O)NC(C)(C)CC)CC1=O. The van der Waals surface area contributed by atoms with Gasteiger partial charge in [-0.3, -0.25) is 9.59 Å². The van der Waals surface area contributed by atoms with Crippen LogP contribution in [-0.4, -0.2) is 23.9 Å². The third-order valence-electron chi connectivity index (χ3n) is 4.50. The molecule has 1 unspecified atom stereocenters. The van der Waals surface area contributed by atoms with E-state index in [4.69, 9.17) is 0 Å². The van der Waals surface area contributed by atoms with Gasteiger partial charge in [0.15, 0.2) is 0 Å². The summed E-state index contributed by atoms with van der Waals surface area (Å²) in [5.41, 5.74) is 1.86. The van der Waals surface area contributed by atoms with Crippen molar-refractivity contribution < 1.29 is 9.59 Å². The van der Waals surface area contributed by atoms with Crippen LogP contribution in [0.5, 0.6) is 0 Å². The largest absolute Gasteiger partial charge is 0.351 e. The lowest BCUT2D eigenvalue weighted by molar-refractivity contribution is -0.127. The van der Waals surface area contributed by atoms with Gasteiger partial charge in [0.25, 0.3) is 0 Å². The lowest BCUT2D eigenvalue weighted by Gasteiger charge is -2.26.